The van der Waals surface area contributed by atoms with Crippen molar-refractivity contribution >= 4 is 28.8 Å². The van der Waals surface area contributed by atoms with Crippen LogP contribution >= 0.6 is 20.4 Å². The molecule has 0 aromatic heterocycles. The van der Waals surface area contributed by atoms with Gasteiger partial charge in [-0.3, -0.25) is 0 Å². The molecule has 0 bridgehead atoms. The van der Waals surface area contributed by atoms with Crippen molar-refractivity contribution in [2.45, 2.75) is 0 Å². The van der Waals surface area contributed by atoms with E-state index in [9.17, 15) is 0 Å². The van der Waals surface area contributed by atoms with Gasteiger partial charge in [-0.05, 0) is 0 Å². The molecule has 0 amide bonds. The van der Waals surface area contributed by atoms with E-state index in [-0.39, 0.29) is 59.8 Å². The Balaban J connectivity index is -0.0000000200. The Labute approximate surface area is 90.7 Å². The van der Waals surface area contributed by atoms with Crippen LogP contribution in [0, 0.1) is 0 Å². The molecule has 0 radical (unpaired) electrons. The number of hydrogen-bond acceptors (Lipinski definition) is 0. The molecule has 0 saturated carbocycles. The zero-order valence-electron chi connectivity index (χ0n) is 2.07. The summed E-state index contributed by atoms with van der Waals surface area (Å²) in [4.78, 5) is 0. The third-order valence-corrected chi connectivity index (χ3v) is 0. The molecule has 0 aliphatic rings. The second-order valence-corrected chi connectivity index (χ2v) is 1.68. The van der Waals surface area contributed by atoms with Crippen LogP contribution in [0.4, 0.5) is 0 Å². The Kier molecular flexibility index (Phi) is 49.6. The van der Waals surface area contributed by atoms with Gasteiger partial charge >= 0.3 is 84.4 Å². The minimum atomic E-state index is 0. The van der Waals surface area contributed by atoms with Crippen molar-refractivity contribution < 1.29 is 64.0 Å². The van der Waals surface area contributed by atoms with Gasteiger partial charge < -0.3 is 0 Å². The van der Waals surface area contributed by atoms with Gasteiger partial charge in [0, 0.05) is 0 Å². The van der Waals surface area contributed by atoms with Crippen LogP contribution in [0.2, 0.25) is 0 Å². The van der Waals surface area contributed by atoms with Gasteiger partial charge in [0.15, 0.2) is 0 Å². The number of rotatable bonds is 0. The van der Waals surface area contributed by atoms with E-state index in [0.717, 1.165) is 0 Å². The van der Waals surface area contributed by atoms with Crippen molar-refractivity contribution in [2.75, 3.05) is 0 Å². The fourth-order valence-corrected chi connectivity index (χ4v) is 0. The van der Waals surface area contributed by atoms with Gasteiger partial charge in [-0.25, -0.2) is 0 Å². The molecule has 0 aromatic rings. The van der Waals surface area contributed by atoms with Crippen LogP contribution in [0.15, 0.2) is 0 Å². The fourth-order valence-electron chi connectivity index (χ4n) is 0. The minimum absolute atomic E-state index is 0. The van der Waals surface area contributed by atoms with Gasteiger partial charge in [0.1, 0.15) is 0 Å². The second-order valence-electron chi connectivity index (χ2n) is 0.0452. The van der Waals surface area contributed by atoms with Gasteiger partial charge in [-0.1, -0.05) is 8.41 Å². The maximum Gasteiger partial charge on any atom is 1.00 e. The molecule has 5 heteroatoms. The van der Waals surface area contributed by atoms with Crippen LogP contribution in [-0.4, -0.2) is 8.41 Å². The van der Waals surface area contributed by atoms with E-state index in [4.69, 9.17) is 20.4 Å². The van der Waals surface area contributed by atoms with Crippen molar-refractivity contribution in [3.63, 3.8) is 0 Å². The molecule has 32 valence electrons. The smallest absolute Gasteiger partial charge is 1.00 e. The quantitative estimate of drug-likeness (QED) is 0.350. The van der Waals surface area contributed by atoms with Gasteiger partial charge in [-0.2, -0.15) is 0 Å². The summed E-state index contributed by atoms with van der Waals surface area (Å²) < 4.78 is 0. The van der Waals surface area contributed by atoms with Crippen LogP contribution in [-0.2, 0) is 12.7 Å². The minimum Gasteiger partial charge on any atom is 1.00 e. The van der Waals surface area contributed by atoms with Gasteiger partial charge in [0.25, 0.3) is 0 Å². The van der Waals surface area contributed by atoms with E-state index in [1.165, 1.54) is 0 Å². The molecular weight excluding hydrogens is 180 g/mol. The van der Waals surface area contributed by atoms with E-state index in [1.54, 1.807) is 0 Å². The Morgan fingerprint density at radius 2 is 1.20 bits per heavy atom. The molecule has 0 spiro atoms. The average molecular weight is 184 g/mol. The van der Waals surface area contributed by atoms with Crippen molar-refractivity contribution in [1.29, 1.82) is 0 Å². The molecular formula is H4BCl2KNi. The normalized spacial score (nSPS) is 4.40. The zero-order chi connectivity index (χ0) is 2.71. The maximum atomic E-state index is 4.70. The molecule has 0 unspecified atom stereocenters. The Morgan fingerprint density at radius 3 is 1.20 bits per heavy atom. The summed E-state index contributed by atoms with van der Waals surface area (Å²) in [5.41, 5.74) is 0. The van der Waals surface area contributed by atoms with Crippen molar-refractivity contribution in [2.24, 2.45) is 0 Å². The fraction of sp³-hybridized carbons (Fsp3) is 0. The van der Waals surface area contributed by atoms with E-state index < -0.39 is 0 Å². The maximum absolute atomic E-state index is 4.70. The standard InChI is InChI=1S/BH4.2ClH.K.Ni/h1H4;2*1H;;/q-1;;;+1;+2/p-2. The predicted molar refractivity (Wildman–Crippen MR) is 23.0 cm³/mol. The average Bonchev–Trinajstić information content (AvgIpc) is 0.918. The Morgan fingerprint density at radius 1 is 1.20 bits per heavy atom. The summed E-state index contributed by atoms with van der Waals surface area (Å²) in [6.45, 7) is 0. The summed E-state index contributed by atoms with van der Waals surface area (Å²) in [5, 5.41) is 0. The third kappa shape index (κ3) is 20.1. The molecule has 0 heterocycles. The van der Waals surface area contributed by atoms with Crippen LogP contribution in [0.25, 0.3) is 0 Å². The monoisotopic (exact) mass is 182 g/mol. The van der Waals surface area contributed by atoms with Crippen molar-refractivity contribution in [1.82, 2.24) is 0 Å². The topological polar surface area (TPSA) is 0 Å². The third-order valence-electron chi connectivity index (χ3n) is 0. The Hall–Kier alpha value is 2.77. The SMILES string of the molecule is [BH4-].[Cl][Ni][Cl].[K+]. The molecule has 0 aliphatic carbocycles. The molecule has 0 saturated heterocycles. The molecule has 5 heavy (non-hydrogen) atoms. The first-order chi connectivity index (χ1) is 1.41. The molecule has 0 N–H and O–H groups in total. The van der Waals surface area contributed by atoms with Crippen molar-refractivity contribution in [3.8, 4) is 0 Å². The largest absolute Gasteiger partial charge is 1.00 e. The zero-order valence-corrected chi connectivity index (χ0v) is 7.69. The van der Waals surface area contributed by atoms with E-state index in [0.29, 0.717) is 12.7 Å². The first kappa shape index (κ1) is 15.7. The van der Waals surface area contributed by atoms with Gasteiger partial charge in [0.2, 0.25) is 0 Å². The summed E-state index contributed by atoms with van der Waals surface area (Å²) >= 11 is 0.569. The summed E-state index contributed by atoms with van der Waals surface area (Å²) in [6, 6.07) is 0. The second kappa shape index (κ2) is 15.9. The number of halogens is 2. The molecule has 0 aromatic carbocycles. The summed E-state index contributed by atoms with van der Waals surface area (Å²) in [7, 11) is 9.40. The Bertz CT molecular complexity index is 9.61. The van der Waals surface area contributed by atoms with Crippen LogP contribution in [0.1, 0.15) is 0 Å². The van der Waals surface area contributed by atoms with Crippen LogP contribution in [0.5, 0.6) is 0 Å². The molecule has 0 aliphatic heterocycles. The molecule has 0 nitrogen and oxygen atoms in total. The first-order valence-corrected chi connectivity index (χ1v) is 2.96. The van der Waals surface area contributed by atoms with E-state index in [2.05, 4.69) is 0 Å². The summed E-state index contributed by atoms with van der Waals surface area (Å²) in [5.74, 6) is 0. The van der Waals surface area contributed by atoms with E-state index in [1.807, 2.05) is 0 Å². The predicted octanol–water partition coefficient (Wildman–Crippen LogP) is -3.07. The van der Waals surface area contributed by atoms with Crippen molar-refractivity contribution in [3.05, 3.63) is 0 Å². The molecule has 0 rings (SSSR count). The van der Waals surface area contributed by atoms with E-state index >= 15 is 0 Å². The number of hydrogen-bond donors (Lipinski definition) is 0. The molecule has 0 fully saturated rings. The first-order valence-electron chi connectivity index (χ1n) is 0.239. The molecule has 0 atom stereocenters. The van der Waals surface area contributed by atoms with Gasteiger partial charge in [0.05, 0.1) is 0 Å². The van der Waals surface area contributed by atoms with Gasteiger partial charge in [-0.15, -0.1) is 0 Å². The van der Waals surface area contributed by atoms with Crippen LogP contribution < -0.4 is 51.4 Å². The van der Waals surface area contributed by atoms with Crippen LogP contribution in [0.3, 0.4) is 0 Å². The summed E-state index contributed by atoms with van der Waals surface area (Å²) in [6.07, 6.45) is 0.